The molecule has 0 aliphatic carbocycles. The molecule has 0 fully saturated rings. The minimum absolute atomic E-state index is 0.162. The maximum Gasteiger partial charge on any atom is 0.160 e. The molecule has 0 saturated heterocycles. The van der Waals surface area contributed by atoms with Gasteiger partial charge in [0.25, 0.3) is 0 Å². The van der Waals surface area contributed by atoms with Gasteiger partial charge in [0.05, 0.1) is 20.8 Å². The fraction of sp³-hybridized carbons (Fsp3) is 0.600. The van der Waals surface area contributed by atoms with Gasteiger partial charge in [-0.25, -0.2) is 0 Å². The number of hydrogen-bond acceptors (Lipinski definition) is 4. The first-order valence-electron chi connectivity index (χ1n) is 6.72. The van der Waals surface area contributed by atoms with Crippen LogP contribution in [0.4, 0.5) is 0 Å². The predicted octanol–water partition coefficient (Wildman–Crippen LogP) is 2.00. The maximum atomic E-state index is 9.19. The van der Waals surface area contributed by atoms with E-state index in [2.05, 4.69) is 19.2 Å². The molecule has 0 spiro atoms. The highest BCUT2D eigenvalue weighted by atomic mass is 16.5. The highest BCUT2D eigenvalue weighted by Gasteiger charge is 2.11. The van der Waals surface area contributed by atoms with Gasteiger partial charge in [-0.15, -0.1) is 0 Å². The average Bonchev–Trinajstić information content (AvgIpc) is 2.44. The molecule has 2 atom stereocenters. The molecule has 0 aliphatic heterocycles. The lowest BCUT2D eigenvalue weighted by Gasteiger charge is -2.21. The Balaban J connectivity index is 2.66. The van der Waals surface area contributed by atoms with E-state index in [1.54, 1.807) is 14.2 Å². The van der Waals surface area contributed by atoms with Crippen molar-refractivity contribution in [2.45, 2.75) is 38.8 Å². The Morgan fingerprint density at radius 1 is 1.21 bits per heavy atom. The number of methoxy groups -OCH3 is 2. The molecule has 0 radical (unpaired) electrons. The van der Waals surface area contributed by atoms with Gasteiger partial charge in [-0.3, -0.25) is 0 Å². The minimum Gasteiger partial charge on any atom is -0.493 e. The fourth-order valence-electron chi connectivity index (χ4n) is 2.12. The van der Waals surface area contributed by atoms with Crippen LogP contribution < -0.4 is 14.8 Å². The first-order chi connectivity index (χ1) is 9.14. The number of nitrogens with one attached hydrogen (secondary N) is 1. The Morgan fingerprint density at radius 3 is 2.42 bits per heavy atom. The van der Waals surface area contributed by atoms with Crippen LogP contribution in [0.25, 0.3) is 0 Å². The fourth-order valence-corrected chi connectivity index (χ4v) is 2.12. The summed E-state index contributed by atoms with van der Waals surface area (Å²) in [6.07, 6.45) is 1.81. The third-order valence-corrected chi connectivity index (χ3v) is 3.22. The van der Waals surface area contributed by atoms with Crippen molar-refractivity contribution in [3.05, 3.63) is 23.8 Å². The van der Waals surface area contributed by atoms with Gasteiger partial charge in [0.1, 0.15) is 0 Å². The summed E-state index contributed by atoms with van der Waals surface area (Å²) in [5.74, 6) is 1.50. The Labute approximate surface area is 115 Å². The van der Waals surface area contributed by atoms with E-state index >= 15 is 0 Å². The predicted molar refractivity (Wildman–Crippen MR) is 77.0 cm³/mol. The summed E-state index contributed by atoms with van der Waals surface area (Å²) in [4.78, 5) is 0. The molecule has 0 bridgehead atoms. The average molecular weight is 267 g/mol. The minimum atomic E-state index is 0.162. The lowest BCUT2D eigenvalue weighted by atomic mass is 10.1. The number of benzene rings is 1. The van der Waals surface area contributed by atoms with Crippen LogP contribution in [0, 0.1) is 0 Å². The summed E-state index contributed by atoms with van der Waals surface area (Å²) in [6.45, 7) is 4.36. The number of aliphatic hydroxyl groups excluding tert-OH is 1. The molecule has 1 aromatic carbocycles. The van der Waals surface area contributed by atoms with E-state index in [0.29, 0.717) is 6.04 Å². The first kappa shape index (κ1) is 15.8. The van der Waals surface area contributed by atoms with Crippen LogP contribution in [0.15, 0.2) is 18.2 Å². The second kappa shape index (κ2) is 8.02. The van der Waals surface area contributed by atoms with E-state index < -0.39 is 0 Å². The molecule has 2 N–H and O–H groups in total. The normalized spacial score (nSPS) is 13.9. The molecule has 1 aromatic rings. The number of aliphatic hydroxyl groups is 1. The summed E-state index contributed by atoms with van der Waals surface area (Å²) >= 11 is 0. The second-order valence-corrected chi connectivity index (χ2v) is 4.75. The highest BCUT2D eigenvalue weighted by Crippen LogP contribution is 2.27. The van der Waals surface area contributed by atoms with E-state index in [1.807, 2.05) is 18.2 Å². The van der Waals surface area contributed by atoms with Crippen LogP contribution in [0.2, 0.25) is 0 Å². The van der Waals surface area contributed by atoms with Crippen LogP contribution in [-0.4, -0.2) is 38.0 Å². The largest absolute Gasteiger partial charge is 0.493 e. The van der Waals surface area contributed by atoms with E-state index in [4.69, 9.17) is 9.47 Å². The van der Waals surface area contributed by atoms with Crippen molar-refractivity contribution in [2.75, 3.05) is 20.8 Å². The summed E-state index contributed by atoms with van der Waals surface area (Å²) in [5, 5.41) is 12.6. The number of rotatable bonds is 8. The molecule has 19 heavy (non-hydrogen) atoms. The molecular weight excluding hydrogens is 242 g/mol. The first-order valence-corrected chi connectivity index (χ1v) is 6.72. The second-order valence-electron chi connectivity index (χ2n) is 4.75. The van der Waals surface area contributed by atoms with Crippen LogP contribution in [0.1, 0.15) is 25.8 Å². The molecule has 0 amide bonds. The zero-order chi connectivity index (χ0) is 14.3. The van der Waals surface area contributed by atoms with E-state index in [9.17, 15) is 5.11 Å². The Kier molecular flexibility index (Phi) is 6.67. The van der Waals surface area contributed by atoms with Gasteiger partial charge >= 0.3 is 0 Å². The number of hydrogen-bond donors (Lipinski definition) is 2. The molecular formula is C15H25NO3. The van der Waals surface area contributed by atoms with E-state index in [1.165, 1.54) is 5.56 Å². The molecule has 0 aliphatic rings. The maximum absolute atomic E-state index is 9.19. The highest BCUT2D eigenvalue weighted by molar-refractivity contribution is 5.43. The van der Waals surface area contributed by atoms with Gasteiger partial charge in [-0.05, 0) is 37.5 Å². The molecule has 108 valence electrons. The molecule has 0 heterocycles. The van der Waals surface area contributed by atoms with E-state index in [-0.39, 0.29) is 12.6 Å². The standard InChI is InChI=1S/C15H25NO3/c1-5-13(10-17)16-11(2)8-12-6-7-14(18-3)15(9-12)19-4/h6-7,9,11,13,16-17H,5,8,10H2,1-4H3/t11?,13-/m0/s1. The molecule has 4 heteroatoms. The monoisotopic (exact) mass is 267 g/mol. The summed E-state index contributed by atoms with van der Waals surface area (Å²) in [6, 6.07) is 6.42. The zero-order valence-corrected chi connectivity index (χ0v) is 12.3. The lowest BCUT2D eigenvalue weighted by molar-refractivity contribution is 0.229. The topological polar surface area (TPSA) is 50.7 Å². The van der Waals surface area contributed by atoms with Crippen molar-refractivity contribution < 1.29 is 14.6 Å². The van der Waals surface area contributed by atoms with Crippen molar-refractivity contribution >= 4 is 0 Å². The summed E-state index contributed by atoms with van der Waals surface area (Å²) in [5.41, 5.74) is 1.19. The third-order valence-electron chi connectivity index (χ3n) is 3.22. The van der Waals surface area contributed by atoms with Gasteiger partial charge in [0.2, 0.25) is 0 Å². The van der Waals surface area contributed by atoms with Gasteiger partial charge in [-0.1, -0.05) is 13.0 Å². The third kappa shape index (κ3) is 4.73. The molecule has 0 saturated carbocycles. The van der Waals surface area contributed by atoms with E-state index in [0.717, 1.165) is 24.3 Å². The summed E-state index contributed by atoms with van der Waals surface area (Å²) in [7, 11) is 3.27. The Bertz CT molecular complexity index is 378. The van der Waals surface area contributed by atoms with Gasteiger partial charge in [0.15, 0.2) is 11.5 Å². The number of ether oxygens (including phenoxy) is 2. The SMILES string of the molecule is CC[C@@H](CO)NC(C)Cc1ccc(OC)c(OC)c1. The lowest BCUT2D eigenvalue weighted by Crippen LogP contribution is -2.39. The van der Waals surface area contributed by atoms with Gasteiger partial charge < -0.3 is 19.9 Å². The Hall–Kier alpha value is -1.26. The van der Waals surface area contributed by atoms with Gasteiger partial charge in [-0.2, -0.15) is 0 Å². The van der Waals surface area contributed by atoms with Crippen LogP contribution in [-0.2, 0) is 6.42 Å². The van der Waals surface area contributed by atoms with Crippen LogP contribution >= 0.6 is 0 Å². The van der Waals surface area contributed by atoms with Gasteiger partial charge in [0, 0.05) is 12.1 Å². The summed E-state index contributed by atoms with van der Waals surface area (Å²) < 4.78 is 10.5. The molecule has 1 rings (SSSR count). The Morgan fingerprint density at radius 2 is 1.89 bits per heavy atom. The van der Waals surface area contributed by atoms with Crippen LogP contribution in [0.3, 0.4) is 0 Å². The smallest absolute Gasteiger partial charge is 0.160 e. The molecule has 4 nitrogen and oxygen atoms in total. The zero-order valence-electron chi connectivity index (χ0n) is 12.3. The quantitative estimate of drug-likeness (QED) is 0.756. The van der Waals surface area contributed by atoms with Crippen molar-refractivity contribution in [2.24, 2.45) is 0 Å². The molecule has 1 unspecified atom stereocenters. The van der Waals surface area contributed by atoms with Crippen LogP contribution in [0.5, 0.6) is 11.5 Å². The van der Waals surface area contributed by atoms with Crippen molar-refractivity contribution in [1.29, 1.82) is 0 Å². The molecule has 0 aromatic heterocycles. The van der Waals surface area contributed by atoms with Crippen molar-refractivity contribution in [3.8, 4) is 11.5 Å². The van der Waals surface area contributed by atoms with Crippen molar-refractivity contribution in [3.63, 3.8) is 0 Å². The van der Waals surface area contributed by atoms with Crippen molar-refractivity contribution in [1.82, 2.24) is 5.32 Å².